The van der Waals surface area contributed by atoms with Crippen molar-refractivity contribution >= 4 is 29.1 Å². The predicted molar refractivity (Wildman–Crippen MR) is 100 cm³/mol. The van der Waals surface area contributed by atoms with Crippen LogP contribution < -0.4 is 10.1 Å². The topological polar surface area (TPSA) is 76.5 Å². The number of aromatic nitrogens is 2. The Bertz CT molecular complexity index is 772. The quantitative estimate of drug-likeness (QED) is 0.766. The number of nitrogens with zero attached hydrogens (tertiary/aromatic N) is 3. The highest BCUT2D eigenvalue weighted by Crippen LogP contribution is 2.27. The van der Waals surface area contributed by atoms with E-state index >= 15 is 0 Å². The van der Waals surface area contributed by atoms with Gasteiger partial charge < -0.3 is 15.0 Å². The third-order valence-corrected chi connectivity index (χ3v) is 4.05. The van der Waals surface area contributed by atoms with E-state index in [1.165, 1.54) is 0 Å². The molecule has 0 aliphatic rings. The minimum absolute atomic E-state index is 0.0776. The van der Waals surface area contributed by atoms with E-state index in [0.29, 0.717) is 29.5 Å². The smallest absolute Gasteiger partial charge is 0.260 e. The molecule has 1 aromatic heterocycles. The SMILES string of the molecule is CCN(CC)C(=O)COc1ccc(NC(=O)Cn2cc(C)cn2)cc1Cl. The summed E-state index contributed by atoms with van der Waals surface area (Å²) in [4.78, 5) is 25.7. The van der Waals surface area contributed by atoms with Gasteiger partial charge in [0.2, 0.25) is 5.91 Å². The molecule has 7 nitrogen and oxygen atoms in total. The Balaban J connectivity index is 1.92. The molecule has 140 valence electrons. The lowest BCUT2D eigenvalue weighted by Crippen LogP contribution is -2.34. The van der Waals surface area contributed by atoms with E-state index in [4.69, 9.17) is 16.3 Å². The lowest BCUT2D eigenvalue weighted by atomic mass is 10.3. The predicted octanol–water partition coefficient (Wildman–Crippen LogP) is 2.73. The maximum Gasteiger partial charge on any atom is 0.260 e. The molecule has 26 heavy (non-hydrogen) atoms. The summed E-state index contributed by atoms with van der Waals surface area (Å²) < 4.78 is 7.05. The largest absolute Gasteiger partial charge is 0.482 e. The molecule has 2 amide bonds. The van der Waals surface area contributed by atoms with Crippen LogP contribution in [0.4, 0.5) is 5.69 Å². The van der Waals surface area contributed by atoms with Crippen molar-refractivity contribution in [3.8, 4) is 5.75 Å². The Hall–Kier alpha value is -2.54. The minimum atomic E-state index is -0.213. The van der Waals surface area contributed by atoms with Gasteiger partial charge in [-0.25, -0.2) is 0 Å². The molecule has 0 spiro atoms. The van der Waals surface area contributed by atoms with Gasteiger partial charge in [-0.15, -0.1) is 0 Å². The highest BCUT2D eigenvalue weighted by atomic mass is 35.5. The first-order chi connectivity index (χ1) is 12.4. The monoisotopic (exact) mass is 378 g/mol. The Morgan fingerprint density at radius 3 is 2.62 bits per heavy atom. The molecule has 0 fully saturated rings. The van der Waals surface area contributed by atoms with Gasteiger partial charge in [-0.05, 0) is 44.5 Å². The minimum Gasteiger partial charge on any atom is -0.482 e. The van der Waals surface area contributed by atoms with Crippen LogP contribution in [0.15, 0.2) is 30.6 Å². The van der Waals surface area contributed by atoms with Crippen molar-refractivity contribution in [2.75, 3.05) is 25.0 Å². The zero-order valence-corrected chi connectivity index (χ0v) is 15.9. The van der Waals surface area contributed by atoms with Crippen LogP contribution in [-0.2, 0) is 16.1 Å². The van der Waals surface area contributed by atoms with Crippen molar-refractivity contribution in [1.82, 2.24) is 14.7 Å². The molecule has 0 unspecified atom stereocenters. The van der Waals surface area contributed by atoms with Crippen LogP contribution >= 0.6 is 11.6 Å². The summed E-state index contributed by atoms with van der Waals surface area (Å²) in [6, 6.07) is 4.89. The summed E-state index contributed by atoms with van der Waals surface area (Å²) in [6.45, 7) is 7.03. The molecule has 0 aliphatic carbocycles. The van der Waals surface area contributed by atoms with Gasteiger partial charge in [0.1, 0.15) is 12.3 Å². The summed E-state index contributed by atoms with van der Waals surface area (Å²) in [5, 5.41) is 7.15. The second kappa shape index (κ2) is 9.24. The maximum absolute atomic E-state index is 12.0. The van der Waals surface area contributed by atoms with Crippen LogP contribution in [0.1, 0.15) is 19.4 Å². The molecule has 0 saturated carbocycles. The zero-order chi connectivity index (χ0) is 19.1. The lowest BCUT2D eigenvalue weighted by Gasteiger charge is -2.19. The first kappa shape index (κ1) is 19.8. The first-order valence-electron chi connectivity index (χ1n) is 8.42. The second-order valence-electron chi connectivity index (χ2n) is 5.76. The van der Waals surface area contributed by atoms with Crippen molar-refractivity contribution in [3.63, 3.8) is 0 Å². The van der Waals surface area contributed by atoms with Gasteiger partial charge in [0, 0.05) is 25.0 Å². The third-order valence-electron chi connectivity index (χ3n) is 3.75. The van der Waals surface area contributed by atoms with E-state index < -0.39 is 0 Å². The summed E-state index contributed by atoms with van der Waals surface area (Å²) in [5.41, 5.74) is 1.54. The number of aryl methyl sites for hydroxylation is 1. The number of anilines is 1. The lowest BCUT2D eigenvalue weighted by molar-refractivity contribution is -0.133. The van der Waals surface area contributed by atoms with E-state index in [1.807, 2.05) is 20.8 Å². The number of hydrogen-bond acceptors (Lipinski definition) is 4. The molecular formula is C18H23ClN4O3. The van der Waals surface area contributed by atoms with Crippen molar-refractivity contribution in [2.24, 2.45) is 0 Å². The van der Waals surface area contributed by atoms with E-state index in [0.717, 1.165) is 5.56 Å². The van der Waals surface area contributed by atoms with Gasteiger partial charge in [-0.2, -0.15) is 5.10 Å². The number of likely N-dealkylation sites (N-methyl/N-ethyl adjacent to an activating group) is 1. The molecule has 2 rings (SSSR count). The number of carbonyl (C=O) groups is 2. The molecule has 1 heterocycles. The highest BCUT2D eigenvalue weighted by molar-refractivity contribution is 6.32. The van der Waals surface area contributed by atoms with Crippen molar-refractivity contribution in [1.29, 1.82) is 0 Å². The van der Waals surface area contributed by atoms with Gasteiger partial charge >= 0.3 is 0 Å². The van der Waals surface area contributed by atoms with Crippen LogP contribution in [-0.4, -0.2) is 46.2 Å². The van der Waals surface area contributed by atoms with Gasteiger partial charge in [0.05, 0.1) is 11.2 Å². The van der Waals surface area contributed by atoms with Crippen molar-refractivity contribution in [2.45, 2.75) is 27.3 Å². The van der Waals surface area contributed by atoms with Crippen LogP contribution in [0.3, 0.4) is 0 Å². The zero-order valence-electron chi connectivity index (χ0n) is 15.2. The number of benzene rings is 1. The third kappa shape index (κ3) is 5.49. The van der Waals surface area contributed by atoms with E-state index in [9.17, 15) is 9.59 Å². The molecule has 0 saturated heterocycles. The normalized spacial score (nSPS) is 10.5. The van der Waals surface area contributed by atoms with Crippen LogP contribution in [0.2, 0.25) is 5.02 Å². The van der Waals surface area contributed by atoms with E-state index in [-0.39, 0.29) is 25.0 Å². The number of ether oxygens (including phenoxy) is 1. The van der Waals surface area contributed by atoms with Crippen LogP contribution in [0.25, 0.3) is 0 Å². The summed E-state index contributed by atoms with van der Waals surface area (Å²) in [6.07, 6.45) is 3.48. The van der Waals surface area contributed by atoms with Gasteiger partial charge in [0.15, 0.2) is 6.61 Å². The molecule has 0 aliphatic heterocycles. The number of amides is 2. The van der Waals surface area contributed by atoms with Crippen molar-refractivity contribution < 1.29 is 14.3 Å². The van der Waals surface area contributed by atoms with Crippen LogP contribution in [0.5, 0.6) is 5.75 Å². The fourth-order valence-corrected chi connectivity index (χ4v) is 2.64. The van der Waals surface area contributed by atoms with E-state index in [2.05, 4.69) is 10.4 Å². The molecule has 2 aromatic rings. The number of halogens is 1. The molecule has 0 atom stereocenters. The second-order valence-corrected chi connectivity index (χ2v) is 6.17. The molecule has 0 radical (unpaired) electrons. The summed E-state index contributed by atoms with van der Waals surface area (Å²) in [7, 11) is 0. The Morgan fingerprint density at radius 2 is 2.04 bits per heavy atom. The average molecular weight is 379 g/mol. The molecular weight excluding hydrogens is 356 g/mol. The Labute approximate surface area is 157 Å². The molecule has 0 bridgehead atoms. The standard InChI is InChI=1S/C18H23ClN4O3/c1-4-22(5-2)18(25)12-26-16-7-6-14(8-15(16)19)21-17(24)11-23-10-13(3)9-20-23/h6-10H,4-5,11-12H2,1-3H3,(H,21,24). The Kier molecular flexibility index (Phi) is 7.03. The highest BCUT2D eigenvalue weighted by Gasteiger charge is 2.12. The van der Waals surface area contributed by atoms with Crippen molar-refractivity contribution in [3.05, 3.63) is 41.2 Å². The number of rotatable bonds is 8. The first-order valence-corrected chi connectivity index (χ1v) is 8.79. The summed E-state index contributed by atoms with van der Waals surface area (Å²) >= 11 is 6.19. The maximum atomic E-state index is 12.0. The van der Waals surface area contributed by atoms with Gasteiger partial charge in [0.25, 0.3) is 5.91 Å². The fourth-order valence-electron chi connectivity index (χ4n) is 2.40. The number of hydrogen-bond donors (Lipinski definition) is 1. The molecule has 8 heteroatoms. The molecule has 1 aromatic carbocycles. The Morgan fingerprint density at radius 1 is 1.31 bits per heavy atom. The number of nitrogens with one attached hydrogen (secondary N) is 1. The van der Waals surface area contributed by atoms with Crippen LogP contribution in [0, 0.1) is 6.92 Å². The number of carbonyl (C=O) groups excluding carboxylic acids is 2. The van der Waals surface area contributed by atoms with Gasteiger partial charge in [-0.1, -0.05) is 11.6 Å². The van der Waals surface area contributed by atoms with E-state index in [1.54, 1.807) is 40.2 Å². The van der Waals surface area contributed by atoms with Gasteiger partial charge in [-0.3, -0.25) is 14.3 Å². The summed E-state index contributed by atoms with van der Waals surface area (Å²) in [5.74, 6) is 0.0837. The fraction of sp³-hybridized carbons (Fsp3) is 0.389. The molecule has 1 N–H and O–H groups in total. The average Bonchev–Trinajstić information content (AvgIpc) is 2.99.